The molecule has 0 aliphatic heterocycles. The lowest BCUT2D eigenvalue weighted by molar-refractivity contribution is -0.612. The molecular weight excluding hydrogens is 1090 g/mol. The van der Waals surface area contributed by atoms with Crippen LogP contribution < -0.4 is 4.73 Å². The van der Waals surface area contributed by atoms with Crippen LogP contribution in [-0.2, 0) is 0 Å². The van der Waals surface area contributed by atoms with Crippen molar-refractivity contribution in [1.29, 1.82) is 0 Å². The van der Waals surface area contributed by atoms with Gasteiger partial charge < -0.3 is 5.21 Å². The minimum Gasteiger partial charge on any atom is -0.619 e. The molecule has 11 heterocycles. The van der Waals surface area contributed by atoms with Crippen molar-refractivity contribution < 1.29 is 4.73 Å². The fourth-order valence-electron chi connectivity index (χ4n) is 6.74. The second kappa shape index (κ2) is 44.8. The van der Waals surface area contributed by atoms with Gasteiger partial charge >= 0.3 is 0 Å². The van der Waals surface area contributed by atoms with E-state index < -0.39 is 0 Å². The Bertz CT molecular complexity index is 3250. The van der Waals surface area contributed by atoms with E-state index in [1.807, 2.05) is 206 Å². The van der Waals surface area contributed by atoms with Gasteiger partial charge in [-0.2, -0.15) is 4.73 Å². The van der Waals surface area contributed by atoms with Gasteiger partial charge in [-0.3, -0.25) is 49.8 Å². The van der Waals surface area contributed by atoms with Crippen LogP contribution in [0.2, 0.25) is 0 Å². The predicted molar refractivity (Wildman–Crippen MR) is 372 cm³/mol. The fraction of sp³-hybridized carbons (Fsp3) is 0.286. The van der Waals surface area contributed by atoms with Crippen molar-refractivity contribution in [2.45, 2.75) is 152 Å². The van der Waals surface area contributed by atoms with E-state index in [1.165, 1.54) is 84.1 Å². The summed E-state index contributed by atoms with van der Waals surface area (Å²) in [6.07, 6.45) is 25.3. The normalized spacial score (nSPS) is 9.28. The molecule has 0 aliphatic rings. The zero-order valence-electron chi connectivity index (χ0n) is 57.4. The Morgan fingerprint density at radius 3 is 1.17 bits per heavy atom. The molecule has 0 amide bonds. The van der Waals surface area contributed by atoms with E-state index in [0.29, 0.717) is 0 Å². The van der Waals surface area contributed by atoms with Gasteiger partial charge in [0.1, 0.15) is 0 Å². The lowest BCUT2D eigenvalue weighted by Gasteiger charge is -1.97. The van der Waals surface area contributed by atoms with E-state index in [4.69, 9.17) is 0 Å². The molecule has 12 heteroatoms. The van der Waals surface area contributed by atoms with Crippen molar-refractivity contribution in [1.82, 2.24) is 49.8 Å². The van der Waals surface area contributed by atoms with Crippen LogP contribution in [0.5, 0.6) is 0 Å². The van der Waals surface area contributed by atoms with Crippen LogP contribution in [0, 0.1) is 158 Å². The molecule has 0 radical (unpaired) electrons. The minimum atomic E-state index is 0.729. The third-order valence-electron chi connectivity index (χ3n) is 12.8. The monoisotopic (exact) mass is 1190 g/mol. The molecule has 0 atom stereocenters. The van der Waals surface area contributed by atoms with E-state index >= 15 is 0 Å². The molecule has 0 N–H and O–H groups in total. The number of pyridine rings is 11. The van der Waals surface area contributed by atoms with Crippen LogP contribution in [0.4, 0.5) is 0 Å². The number of hydrogen-bond acceptors (Lipinski definition) is 11. The molecule has 89 heavy (non-hydrogen) atoms. The molecule has 0 aromatic carbocycles. The van der Waals surface area contributed by atoms with Crippen molar-refractivity contribution >= 4 is 0 Å². The van der Waals surface area contributed by atoms with Crippen LogP contribution in [0.1, 0.15) is 123 Å². The number of nitrogens with zero attached hydrogens (tertiary/aromatic N) is 11. The van der Waals surface area contributed by atoms with E-state index in [9.17, 15) is 5.21 Å². The number of hydrogen-bond donors (Lipinski definition) is 0. The molecule has 0 bridgehead atoms. The third-order valence-corrected chi connectivity index (χ3v) is 12.8. The van der Waals surface area contributed by atoms with Crippen LogP contribution >= 0.6 is 0 Å². The smallest absolute Gasteiger partial charge is 0.189 e. The summed E-state index contributed by atoms with van der Waals surface area (Å²) in [5.74, 6) is 0. The molecule has 11 aromatic rings. The maximum absolute atomic E-state index is 10.5. The Kier molecular flexibility index (Phi) is 39.0. The van der Waals surface area contributed by atoms with Crippen LogP contribution in [0.3, 0.4) is 0 Å². The van der Waals surface area contributed by atoms with Gasteiger partial charge in [0, 0.05) is 139 Å². The molecule has 0 aliphatic carbocycles. The SMILES string of the molecule is Cc1cc(C)c(C)cn1.Cc1ccc(C)c(C)n1.Cc1ccc(C)nc1.Cc1cccc[n+]1[O-].Cc1cccnc1.Cc1cccnc1C.Cc1ccnc(C)c1.Cc1ccncc1.Cc1ccncc1C.Cc1cnc(C)c(C)c1.Cc1cncc(C)c1. The molecule has 0 saturated heterocycles. The maximum atomic E-state index is 10.5. The van der Waals surface area contributed by atoms with Crippen molar-refractivity contribution in [2.24, 2.45) is 0 Å². The summed E-state index contributed by atoms with van der Waals surface area (Å²) in [4.78, 5) is 40.4. The summed E-state index contributed by atoms with van der Waals surface area (Å²) in [5, 5.41) is 10.5. The molecular formula is C77H99N11O. The molecule has 11 aromatic heterocycles. The average Bonchev–Trinajstić information content (AvgIpc) is 3.49. The highest BCUT2D eigenvalue weighted by Crippen LogP contribution is 2.07. The molecule has 12 nitrogen and oxygen atoms in total. The van der Waals surface area contributed by atoms with Gasteiger partial charge in [0.25, 0.3) is 0 Å². The van der Waals surface area contributed by atoms with Crippen molar-refractivity contribution in [3.05, 3.63) is 331 Å². The minimum absolute atomic E-state index is 0.729. The summed E-state index contributed by atoms with van der Waals surface area (Å²) in [6, 6.07) is 37.8. The number of aryl methyl sites for hydroxylation is 22. The van der Waals surface area contributed by atoms with E-state index in [-0.39, 0.29) is 0 Å². The Hall–Kier alpha value is -9.55. The van der Waals surface area contributed by atoms with Crippen molar-refractivity contribution in [2.75, 3.05) is 0 Å². The summed E-state index contributed by atoms with van der Waals surface area (Å²) in [5.41, 5.74) is 26.1. The van der Waals surface area contributed by atoms with Crippen LogP contribution in [0.25, 0.3) is 0 Å². The number of aromatic nitrogens is 11. The van der Waals surface area contributed by atoms with Gasteiger partial charge in [-0.05, 0) is 284 Å². The number of rotatable bonds is 0. The largest absolute Gasteiger partial charge is 0.619 e. The fourth-order valence-corrected chi connectivity index (χ4v) is 6.74. The Labute approximate surface area is 534 Å². The highest BCUT2D eigenvalue weighted by Gasteiger charge is 1.94. The predicted octanol–water partition coefficient (Wildman–Crippen LogP) is 17.9. The third kappa shape index (κ3) is 39.0. The molecule has 0 fully saturated rings. The Morgan fingerprint density at radius 2 is 0.798 bits per heavy atom. The van der Waals surface area contributed by atoms with Gasteiger partial charge in [-0.25, -0.2) is 0 Å². The topological polar surface area (TPSA) is 156 Å². The molecule has 0 saturated carbocycles. The second-order valence-electron chi connectivity index (χ2n) is 21.8. The summed E-state index contributed by atoms with van der Waals surface area (Å²) in [6.45, 7) is 44.6. The Balaban J connectivity index is 0.000000490. The van der Waals surface area contributed by atoms with E-state index in [0.717, 1.165) is 50.3 Å². The molecule has 0 spiro atoms. The van der Waals surface area contributed by atoms with Gasteiger partial charge in [0.05, 0.1) is 0 Å². The second-order valence-corrected chi connectivity index (χ2v) is 21.8. The first-order valence-corrected chi connectivity index (χ1v) is 29.7. The van der Waals surface area contributed by atoms with Gasteiger partial charge in [-0.1, -0.05) is 42.5 Å². The van der Waals surface area contributed by atoms with Gasteiger partial charge in [0.2, 0.25) is 0 Å². The van der Waals surface area contributed by atoms with Gasteiger partial charge in [-0.15, -0.1) is 0 Å². The van der Waals surface area contributed by atoms with Crippen LogP contribution in [-0.4, -0.2) is 49.8 Å². The summed E-state index contributed by atoms with van der Waals surface area (Å²) in [7, 11) is 0. The molecule has 468 valence electrons. The van der Waals surface area contributed by atoms with Crippen molar-refractivity contribution in [3.63, 3.8) is 0 Å². The summed E-state index contributed by atoms with van der Waals surface area (Å²) < 4.78 is 0.833. The molecule has 11 rings (SSSR count). The maximum Gasteiger partial charge on any atom is 0.189 e. The first-order valence-electron chi connectivity index (χ1n) is 29.7. The zero-order chi connectivity index (χ0) is 66.7. The molecule has 0 unspecified atom stereocenters. The van der Waals surface area contributed by atoms with Crippen LogP contribution in [0.15, 0.2) is 202 Å². The van der Waals surface area contributed by atoms with Crippen molar-refractivity contribution in [3.8, 4) is 0 Å². The lowest BCUT2D eigenvalue weighted by atomic mass is 10.2. The lowest BCUT2D eigenvalue weighted by Crippen LogP contribution is -2.28. The average molecular weight is 1190 g/mol. The van der Waals surface area contributed by atoms with E-state index in [1.54, 1.807) is 37.6 Å². The highest BCUT2D eigenvalue weighted by molar-refractivity contribution is 5.24. The summed E-state index contributed by atoms with van der Waals surface area (Å²) >= 11 is 0. The zero-order valence-corrected chi connectivity index (χ0v) is 57.4. The first kappa shape index (κ1) is 77.5. The highest BCUT2D eigenvalue weighted by atomic mass is 16.5. The van der Waals surface area contributed by atoms with Gasteiger partial charge in [0.15, 0.2) is 11.9 Å². The van der Waals surface area contributed by atoms with E-state index in [2.05, 4.69) is 155 Å². The standard InChI is InChI=1S/3C8H11N.5C7H9N.C6H7NO.2C6H7N/c1-6-4-8(3)9-5-7(6)2;1-6-4-7(2)8(3)9-5-6;1-6-4-5-7(2)9-8(6)3;1-6-3-7(2)5-8-4-6;1-6-3-4-8-5-7(6)2;1-6-3-4-8-7(2)5-6;1-6-3-4-7(2)8-5-6;1-6-4-3-5-8-7(6)2;1-6-4-2-3-5-7(6)8;1-6-2-4-7-5-3-6;1-6-3-2-4-7-5-6/h3*4-5H,1-3H3;5*3-5H,1-2H3;2-5H,1H3;2*2-5H,1H3. The first-order chi connectivity index (χ1) is 42.2. The Morgan fingerprint density at radius 1 is 0.258 bits per heavy atom. The quantitative estimate of drug-likeness (QED) is 0.105.